The Hall–Kier alpha value is -1.02. The first kappa shape index (κ1) is 12.4. The summed E-state index contributed by atoms with van der Waals surface area (Å²) >= 11 is 0. The smallest absolute Gasteiger partial charge is 0.0409 e. The first-order valence-electron chi connectivity index (χ1n) is 6.63. The van der Waals surface area contributed by atoms with Crippen molar-refractivity contribution in [2.45, 2.75) is 38.8 Å². The molecule has 2 rings (SSSR count). The van der Waals surface area contributed by atoms with Gasteiger partial charge in [-0.2, -0.15) is 0 Å². The quantitative estimate of drug-likeness (QED) is 0.789. The molecule has 1 unspecified atom stereocenters. The van der Waals surface area contributed by atoms with E-state index in [0.717, 1.165) is 0 Å². The van der Waals surface area contributed by atoms with Crippen LogP contribution in [-0.4, -0.2) is 31.6 Å². The van der Waals surface area contributed by atoms with Gasteiger partial charge in [0.05, 0.1) is 0 Å². The molecule has 17 heavy (non-hydrogen) atoms. The van der Waals surface area contributed by atoms with E-state index < -0.39 is 0 Å². The second-order valence-corrected chi connectivity index (χ2v) is 5.44. The Morgan fingerprint density at radius 2 is 1.94 bits per heavy atom. The van der Waals surface area contributed by atoms with Crippen LogP contribution in [0.3, 0.4) is 0 Å². The lowest BCUT2D eigenvalue weighted by atomic mass is 10.0. The molecule has 0 saturated carbocycles. The van der Waals surface area contributed by atoms with Crippen molar-refractivity contribution in [2.24, 2.45) is 0 Å². The van der Waals surface area contributed by atoms with Crippen LogP contribution in [0.2, 0.25) is 0 Å². The highest BCUT2D eigenvalue weighted by Gasteiger charge is 2.29. The SMILES string of the molecule is CC(C)N1CCCC1c1ccccc1N(C)C. The Bertz CT molecular complexity index is 371. The summed E-state index contributed by atoms with van der Waals surface area (Å²) in [6, 6.07) is 10.1. The Labute approximate surface area is 105 Å². The van der Waals surface area contributed by atoms with Gasteiger partial charge in [0.2, 0.25) is 0 Å². The van der Waals surface area contributed by atoms with E-state index in [0.29, 0.717) is 12.1 Å². The van der Waals surface area contributed by atoms with Gasteiger partial charge in [0.1, 0.15) is 0 Å². The van der Waals surface area contributed by atoms with E-state index in [4.69, 9.17) is 0 Å². The molecule has 0 radical (unpaired) electrons. The van der Waals surface area contributed by atoms with Crippen LogP contribution in [0.15, 0.2) is 24.3 Å². The van der Waals surface area contributed by atoms with Crippen LogP contribution in [-0.2, 0) is 0 Å². The molecule has 0 bridgehead atoms. The van der Waals surface area contributed by atoms with Crippen LogP contribution >= 0.6 is 0 Å². The van der Waals surface area contributed by atoms with Gasteiger partial charge >= 0.3 is 0 Å². The number of benzene rings is 1. The summed E-state index contributed by atoms with van der Waals surface area (Å²) < 4.78 is 0. The summed E-state index contributed by atoms with van der Waals surface area (Å²) in [5.74, 6) is 0. The lowest BCUT2D eigenvalue weighted by Crippen LogP contribution is -2.31. The Morgan fingerprint density at radius 1 is 1.24 bits per heavy atom. The number of nitrogens with zero attached hydrogens (tertiary/aromatic N) is 2. The summed E-state index contributed by atoms with van der Waals surface area (Å²) in [6.07, 6.45) is 2.62. The molecule has 1 aliphatic heterocycles. The lowest BCUT2D eigenvalue weighted by Gasteiger charge is -2.31. The molecule has 0 N–H and O–H groups in total. The van der Waals surface area contributed by atoms with Gasteiger partial charge in [-0.15, -0.1) is 0 Å². The van der Waals surface area contributed by atoms with Crippen molar-refractivity contribution in [1.82, 2.24) is 4.90 Å². The van der Waals surface area contributed by atoms with Crippen molar-refractivity contribution in [3.8, 4) is 0 Å². The van der Waals surface area contributed by atoms with E-state index in [2.05, 4.69) is 62.0 Å². The zero-order valence-corrected chi connectivity index (χ0v) is 11.5. The van der Waals surface area contributed by atoms with Crippen molar-refractivity contribution >= 4 is 5.69 Å². The highest BCUT2D eigenvalue weighted by molar-refractivity contribution is 5.54. The maximum absolute atomic E-state index is 2.63. The van der Waals surface area contributed by atoms with Crippen LogP contribution in [0, 0.1) is 0 Å². The fraction of sp³-hybridized carbons (Fsp3) is 0.600. The Morgan fingerprint density at radius 3 is 2.59 bits per heavy atom. The second kappa shape index (κ2) is 5.09. The number of likely N-dealkylation sites (tertiary alicyclic amines) is 1. The predicted molar refractivity (Wildman–Crippen MR) is 74.6 cm³/mol. The van der Waals surface area contributed by atoms with E-state index >= 15 is 0 Å². The normalized spacial score (nSPS) is 21.1. The molecule has 1 saturated heterocycles. The standard InChI is InChI=1S/C15H24N2/c1-12(2)17-11-7-10-15(17)13-8-5-6-9-14(13)16(3)4/h5-6,8-9,12,15H,7,10-11H2,1-4H3. The molecule has 94 valence electrons. The molecular formula is C15H24N2. The van der Waals surface area contributed by atoms with E-state index in [1.54, 1.807) is 0 Å². The van der Waals surface area contributed by atoms with Gasteiger partial charge in [0, 0.05) is 31.9 Å². The minimum atomic E-state index is 0.605. The highest BCUT2D eigenvalue weighted by Crippen LogP contribution is 2.37. The van der Waals surface area contributed by atoms with Gasteiger partial charge in [0.25, 0.3) is 0 Å². The molecular weight excluding hydrogens is 208 g/mol. The van der Waals surface area contributed by atoms with E-state index in [1.165, 1.54) is 30.6 Å². The molecule has 1 fully saturated rings. The molecule has 1 aromatic rings. The molecule has 2 nitrogen and oxygen atoms in total. The third kappa shape index (κ3) is 2.47. The average molecular weight is 232 g/mol. The van der Waals surface area contributed by atoms with Gasteiger partial charge in [-0.3, -0.25) is 4.90 Å². The van der Waals surface area contributed by atoms with Gasteiger partial charge in [0.15, 0.2) is 0 Å². The van der Waals surface area contributed by atoms with Gasteiger partial charge < -0.3 is 4.90 Å². The molecule has 0 spiro atoms. The van der Waals surface area contributed by atoms with Crippen LogP contribution in [0.1, 0.15) is 38.3 Å². The first-order valence-corrected chi connectivity index (χ1v) is 6.63. The van der Waals surface area contributed by atoms with Crippen LogP contribution < -0.4 is 4.90 Å². The molecule has 0 aliphatic carbocycles. The molecule has 1 atom stereocenters. The van der Waals surface area contributed by atoms with Gasteiger partial charge in [-0.25, -0.2) is 0 Å². The lowest BCUT2D eigenvalue weighted by molar-refractivity contribution is 0.206. The predicted octanol–water partition coefficient (Wildman–Crippen LogP) is 3.30. The average Bonchev–Trinajstić information content (AvgIpc) is 2.77. The Balaban J connectivity index is 2.33. The highest BCUT2D eigenvalue weighted by atomic mass is 15.2. The summed E-state index contributed by atoms with van der Waals surface area (Å²) in [7, 11) is 4.26. The second-order valence-electron chi connectivity index (χ2n) is 5.44. The third-order valence-corrected chi connectivity index (χ3v) is 3.74. The minimum absolute atomic E-state index is 0.605. The number of rotatable bonds is 3. The van der Waals surface area contributed by atoms with Crippen LogP contribution in [0.5, 0.6) is 0 Å². The zero-order chi connectivity index (χ0) is 12.4. The number of hydrogen-bond donors (Lipinski definition) is 0. The minimum Gasteiger partial charge on any atom is -0.377 e. The molecule has 0 aromatic heterocycles. The van der Waals surface area contributed by atoms with Crippen molar-refractivity contribution in [3.63, 3.8) is 0 Å². The van der Waals surface area contributed by atoms with Crippen LogP contribution in [0.4, 0.5) is 5.69 Å². The largest absolute Gasteiger partial charge is 0.377 e. The number of anilines is 1. The van der Waals surface area contributed by atoms with Crippen molar-refractivity contribution in [3.05, 3.63) is 29.8 Å². The molecule has 0 amide bonds. The van der Waals surface area contributed by atoms with Crippen molar-refractivity contribution in [2.75, 3.05) is 25.5 Å². The zero-order valence-electron chi connectivity index (χ0n) is 11.5. The first-order chi connectivity index (χ1) is 8.11. The molecule has 1 aliphatic rings. The molecule has 2 heteroatoms. The van der Waals surface area contributed by atoms with E-state index in [1.807, 2.05) is 0 Å². The van der Waals surface area contributed by atoms with Crippen molar-refractivity contribution < 1.29 is 0 Å². The Kier molecular flexibility index (Phi) is 3.72. The monoisotopic (exact) mass is 232 g/mol. The number of hydrogen-bond acceptors (Lipinski definition) is 2. The van der Waals surface area contributed by atoms with E-state index in [9.17, 15) is 0 Å². The van der Waals surface area contributed by atoms with Gasteiger partial charge in [-0.1, -0.05) is 18.2 Å². The topological polar surface area (TPSA) is 6.48 Å². The summed E-state index contributed by atoms with van der Waals surface area (Å²) in [5.41, 5.74) is 2.86. The fourth-order valence-corrected chi connectivity index (χ4v) is 2.92. The maximum atomic E-state index is 2.63. The van der Waals surface area contributed by atoms with Gasteiger partial charge in [-0.05, 0) is 44.9 Å². The molecule has 1 aromatic carbocycles. The number of para-hydroxylation sites is 1. The van der Waals surface area contributed by atoms with E-state index in [-0.39, 0.29) is 0 Å². The van der Waals surface area contributed by atoms with Crippen molar-refractivity contribution in [1.29, 1.82) is 0 Å². The molecule has 1 heterocycles. The fourth-order valence-electron chi connectivity index (χ4n) is 2.92. The van der Waals surface area contributed by atoms with Crippen LogP contribution in [0.25, 0.3) is 0 Å². The maximum Gasteiger partial charge on any atom is 0.0409 e. The summed E-state index contributed by atoms with van der Waals surface area (Å²) in [4.78, 5) is 4.86. The summed E-state index contributed by atoms with van der Waals surface area (Å²) in [5, 5.41) is 0. The summed E-state index contributed by atoms with van der Waals surface area (Å²) in [6.45, 7) is 5.84. The third-order valence-electron chi connectivity index (χ3n) is 3.74.